The fourth-order valence-corrected chi connectivity index (χ4v) is 3.04. The lowest BCUT2D eigenvalue weighted by Gasteiger charge is -2.34. The summed E-state index contributed by atoms with van der Waals surface area (Å²) in [5.41, 5.74) is 1.10. The van der Waals surface area contributed by atoms with Gasteiger partial charge in [0.25, 0.3) is 0 Å². The van der Waals surface area contributed by atoms with Crippen LogP contribution in [0.3, 0.4) is 0 Å². The normalized spacial score (nSPS) is 34.1. The summed E-state index contributed by atoms with van der Waals surface area (Å²) in [5, 5.41) is 0. The van der Waals surface area contributed by atoms with Crippen molar-refractivity contribution in [1.82, 2.24) is 0 Å². The van der Waals surface area contributed by atoms with Crippen LogP contribution in [0.2, 0.25) is 0 Å². The zero-order valence-corrected chi connectivity index (χ0v) is 13.9. The molecule has 4 nitrogen and oxygen atoms in total. The van der Waals surface area contributed by atoms with Gasteiger partial charge in [0.2, 0.25) is 0 Å². The van der Waals surface area contributed by atoms with E-state index in [0.29, 0.717) is 13.0 Å². The lowest BCUT2D eigenvalue weighted by atomic mass is 9.89. The van der Waals surface area contributed by atoms with Crippen molar-refractivity contribution in [2.45, 2.75) is 51.3 Å². The number of carbonyl (C=O) groups is 1. The van der Waals surface area contributed by atoms with Gasteiger partial charge in [0, 0.05) is 12.3 Å². The van der Waals surface area contributed by atoms with Gasteiger partial charge in [0.1, 0.15) is 11.9 Å². The largest absolute Gasteiger partial charge is 0.367 e. The fraction of sp³-hybridized carbons (Fsp3) is 0.526. The van der Waals surface area contributed by atoms with Crippen LogP contribution in [0.1, 0.15) is 32.8 Å². The lowest BCUT2D eigenvalue weighted by Crippen LogP contribution is -2.45. The van der Waals surface area contributed by atoms with Crippen LogP contribution in [0.5, 0.6) is 0 Å². The molecule has 0 spiro atoms. The number of benzene rings is 1. The Hall–Kier alpha value is -1.49. The van der Waals surface area contributed by atoms with Crippen molar-refractivity contribution >= 4 is 11.9 Å². The molecule has 0 N–H and O–H groups in total. The van der Waals surface area contributed by atoms with Crippen LogP contribution in [0.25, 0.3) is 6.08 Å². The molecule has 0 aliphatic carbocycles. The topological polar surface area (TPSA) is 44.8 Å². The minimum Gasteiger partial charge on any atom is -0.367 e. The summed E-state index contributed by atoms with van der Waals surface area (Å²) in [4.78, 5) is 12.3. The molecule has 2 aliphatic rings. The minimum atomic E-state index is -0.602. The number of ether oxygens (including phenoxy) is 3. The molecular formula is C19H24O4. The zero-order chi connectivity index (χ0) is 16.4. The van der Waals surface area contributed by atoms with E-state index in [1.54, 1.807) is 0 Å². The predicted octanol–water partition coefficient (Wildman–Crippen LogP) is 3.21. The van der Waals surface area contributed by atoms with Gasteiger partial charge < -0.3 is 14.2 Å². The van der Waals surface area contributed by atoms with Gasteiger partial charge in [-0.1, -0.05) is 49.4 Å². The van der Waals surface area contributed by atoms with Gasteiger partial charge >= 0.3 is 0 Å². The Balaban J connectivity index is 1.70. The number of hydrogen-bond donors (Lipinski definition) is 0. The molecule has 4 atom stereocenters. The second kappa shape index (κ2) is 6.56. The molecule has 124 valence electrons. The van der Waals surface area contributed by atoms with E-state index >= 15 is 0 Å². The Morgan fingerprint density at radius 3 is 2.57 bits per heavy atom. The second-order valence-corrected chi connectivity index (χ2v) is 6.74. The Morgan fingerprint density at radius 1 is 1.17 bits per heavy atom. The van der Waals surface area contributed by atoms with Crippen molar-refractivity contribution in [1.29, 1.82) is 0 Å². The molecule has 0 saturated carbocycles. The first-order valence-corrected chi connectivity index (χ1v) is 8.18. The van der Waals surface area contributed by atoms with E-state index in [4.69, 9.17) is 14.2 Å². The first kappa shape index (κ1) is 16.4. The Morgan fingerprint density at radius 2 is 1.91 bits per heavy atom. The maximum absolute atomic E-state index is 12.3. The lowest BCUT2D eigenvalue weighted by molar-refractivity contribution is -0.175. The zero-order valence-electron chi connectivity index (χ0n) is 13.9. The quantitative estimate of drug-likeness (QED) is 0.859. The third-order valence-electron chi connectivity index (χ3n) is 4.46. The average Bonchev–Trinajstić information content (AvgIpc) is 2.90. The predicted molar refractivity (Wildman–Crippen MR) is 87.8 cm³/mol. The highest BCUT2D eigenvalue weighted by Gasteiger charge is 2.43. The Bertz CT molecular complexity index is 578. The number of rotatable bonds is 3. The van der Waals surface area contributed by atoms with Crippen molar-refractivity contribution in [3.63, 3.8) is 0 Å². The monoisotopic (exact) mass is 316 g/mol. The van der Waals surface area contributed by atoms with Crippen LogP contribution in [-0.2, 0) is 19.0 Å². The maximum Gasteiger partial charge on any atom is 0.163 e. The summed E-state index contributed by atoms with van der Waals surface area (Å²) >= 11 is 0. The molecule has 1 aromatic rings. The Kier molecular flexibility index (Phi) is 4.67. The molecule has 1 aromatic carbocycles. The molecule has 2 saturated heterocycles. The molecule has 2 aliphatic heterocycles. The molecule has 23 heavy (non-hydrogen) atoms. The van der Waals surface area contributed by atoms with E-state index in [-0.39, 0.29) is 30.0 Å². The van der Waals surface area contributed by atoms with E-state index in [1.165, 1.54) is 0 Å². The summed E-state index contributed by atoms with van der Waals surface area (Å²) in [5.74, 6) is -0.519. The second-order valence-electron chi connectivity index (χ2n) is 6.74. The average molecular weight is 316 g/mol. The smallest absolute Gasteiger partial charge is 0.163 e. The molecule has 4 heteroatoms. The van der Waals surface area contributed by atoms with E-state index in [9.17, 15) is 4.79 Å². The van der Waals surface area contributed by atoms with Crippen LogP contribution in [0, 0.1) is 5.92 Å². The summed E-state index contributed by atoms with van der Waals surface area (Å²) in [6.07, 6.45) is 3.72. The van der Waals surface area contributed by atoms with E-state index in [2.05, 4.69) is 0 Å². The summed E-state index contributed by atoms with van der Waals surface area (Å²) in [7, 11) is 0. The third-order valence-corrected chi connectivity index (χ3v) is 4.46. The van der Waals surface area contributed by atoms with Gasteiger partial charge in [-0.25, -0.2) is 0 Å². The summed E-state index contributed by atoms with van der Waals surface area (Å²) in [6.45, 7) is 6.16. The van der Waals surface area contributed by atoms with Crippen molar-refractivity contribution in [2.24, 2.45) is 5.92 Å². The minimum absolute atomic E-state index is 0.137. The van der Waals surface area contributed by atoms with Gasteiger partial charge in [-0.15, -0.1) is 0 Å². The number of carbonyl (C=O) groups excluding carboxylic acids is 1. The molecular weight excluding hydrogens is 292 g/mol. The molecule has 0 radical (unpaired) electrons. The highest BCUT2D eigenvalue weighted by Crippen LogP contribution is 2.32. The number of ketones is 1. The highest BCUT2D eigenvalue weighted by molar-refractivity contribution is 5.83. The fourth-order valence-electron chi connectivity index (χ4n) is 3.04. The standard InChI is InChI=1S/C19H24O4/c1-13-15(20)11-17(18-12-21-19(2,3)23-18)22-16(13)10-9-14-7-5-4-6-8-14/h4-10,13,16-18H,11-12H2,1-3H3/b10-9+/t13-,16-,17-,18+/m0/s1. The van der Waals surface area contributed by atoms with E-state index in [1.807, 2.05) is 63.3 Å². The van der Waals surface area contributed by atoms with Crippen molar-refractivity contribution in [3.8, 4) is 0 Å². The van der Waals surface area contributed by atoms with Crippen LogP contribution in [0.4, 0.5) is 0 Å². The van der Waals surface area contributed by atoms with E-state index in [0.717, 1.165) is 5.56 Å². The molecule has 0 unspecified atom stereocenters. The van der Waals surface area contributed by atoms with Crippen LogP contribution >= 0.6 is 0 Å². The van der Waals surface area contributed by atoms with Crippen molar-refractivity contribution in [2.75, 3.05) is 6.61 Å². The van der Waals surface area contributed by atoms with Crippen molar-refractivity contribution < 1.29 is 19.0 Å². The van der Waals surface area contributed by atoms with Crippen molar-refractivity contribution in [3.05, 3.63) is 42.0 Å². The number of Topliss-reactive ketones (excluding diaryl/α,β-unsaturated/α-hetero) is 1. The molecule has 0 aromatic heterocycles. The third kappa shape index (κ3) is 3.89. The highest BCUT2D eigenvalue weighted by atomic mass is 16.7. The van der Waals surface area contributed by atoms with Crippen LogP contribution in [-0.4, -0.2) is 36.5 Å². The van der Waals surface area contributed by atoms with Gasteiger partial charge in [-0.05, 0) is 19.4 Å². The molecule has 3 rings (SSSR count). The van der Waals surface area contributed by atoms with Crippen LogP contribution in [0.15, 0.2) is 36.4 Å². The first-order valence-electron chi connectivity index (χ1n) is 8.18. The SMILES string of the molecule is C[C@H]1C(=O)C[C@@H]([C@H]2COC(C)(C)O2)O[C@H]1/C=C/c1ccccc1. The van der Waals surface area contributed by atoms with Gasteiger partial charge in [-0.2, -0.15) is 0 Å². The summed E-state index contributed by atoms with van der Waals surface area (Å²) in [6, 6.07) is 10.0. The molecule has 2 heterocycles. The first-order chi connectivity index (χ1) is 10.9. The number of hydrogen-bond acceptors (Lipinski definition) is 4. The van der Waals surface area contributed by atoms with Gasteiger partial charge in [0.15, 0.2) is 5.79 Å². The molecule has 0 amide bonds. The Labute approximate surface area is 137 Å². The molecule has 2 fully saturated rings. The van der Waals surface area contributed by atoms with Gasteiger partial charge in [-0.3, -0.25) is 4.79 Å². The van der Waals surface area contributed by atoms with Crippen LogP contribution < -0.4 is 0 Å². The van der Waals surface area contributed by atoms with E-state index < -0.39 is 5.79 Å². The summed E-state index contributed by atoms with van der Waals surface area (Å²) < 4.78 is 17.6. The molecule has 0 bridgehead atoms. The maximum atomic E-state index is 12.3. The van der Waals surface area contributed by atoms with Gasteiger partial charge in [0.05, 0.1) is 18.8 Å².